The highest BCUT2D eigenvalue weighted by Gasteiger charge is 2.15. The van der Waals surface area contributed by atoms with Crippen molar-refractivity contribution in [1.29, 1.82) is 0 Å². The van der Waals surface area contributed by atoms with Crippen molar-refractivity contribution in [3.05, 3.63) is 29.8 Å². The Labute approximate surface area is 156 Å². The van der Waals surface area contributed by atoms with E-state index in [1.165, 1.54) is 0 Å². The van der Waals surface area contributed by atoms with Gasteiger partial charge in [0.05, 0.1) is 0 Å². The summed E-state index contributed by atoms with van der Waals surface area (Å²) in [5.74, 6) is 0.515. The zero-order valence-electron chi connectivity index (χ0n) is 15.7. The van der Waals surface area contributed by atoms with Crippen LogP contribution in [0.1, 0.15) is 49.4 Å². The minimum absolute atomic E-state index is 0.0119. The molecule has 0 atom stereocenters. The van der Waals surface area contributed by atoms with Crippen LogP contribution >= 0.6 is 0 Å². The monoisotopic (exact) mass is 361 g/mol. The van der Waals surface area contributed by atoms with E-state index in [0.717, 1.165) is 38.8 Å². The van der Waals surface area contributed by atoms with Gasteiger partial charge in [-0.3, -0.25) is 9.59 Å². The van der Waals surface area contributed by atoms with Gasteiger partial charge in [-0.25, -0.2) is 0 Å². The molecule has 6 heteroatoms. The molecule has 1 saturated heterocycles. The normalized spacial score (nSPS) is 14.8. The summed E-state index contributed by atoms with van der Waals surface area (Å²) in [7, 11) is 0. The molecule has 144 valence electrons. The summed E-state index contributed by atoms with van der Waals surface area (Å²) in [6.45, 7) is 5.95. The number of piperidine rings is 1. The standard InChI is InChI=1S/C20H31N3O3/c1-2-26-14-4-11-22-20(25)17-5-3-6-18(15-17)23-19(24)8-7-16-9-12-21-13-10-16/h3,5-6,15-16,21H,2,4,7-14H2,1H3,(H,22,25)(H,23,24). The summed E-state index contributed by atoms with van der Waals surface area (Å²) in [4.78, 5) is 24.3. The third kappa shape index (κ3) is 7.54. The number of rotatable bonds is 10. The highest BCUT2D eigenvalue weighted by atomic mass is 16.5. The fourth-order valence-corrected chi connectivity index (χ4v) is 3.09. The molecule has 1 aliphatic heterocycles. The molecule has 0 bridgehead atoms. The molecule has 1 aromatic rings. The van der Waals surface area contributed by atoms with Crippen LogP contribution < -0.4 is 16.0 Å². The molecule has 3 N–H and O–H groups in total. The van der Waals surface area contributed by atoms with Crippen molar-refractivity contribution < 1.29 is 14.3 Å². The quantitative estimate of drug-likeness (QED) is 0.560. The van der Waals surface area contributed by atoms with Crippen LogP contribution in [0, 0.1) is 5.92 Å². The van der Waals surface area contributed by atoms with Crippen LogP contribution in [0.25, 0.3) is 0 Å². The van der Waals surface area contributed by atoms with Crippen LogP contribution in [0.4, 0.5) is 5.69 Å². The fraction of sp³-hybridized carbons (Fsp3) is 0.600. The average molecular weight is 361 g/mol. The average Bonchev–Trinajstić information content (AvgIpc) is 2.67. The van der Waals surface area contributed by atoms with Crippen molar-refractivity contribution in [1.82, 2.24) is 10.6 Å². The van der Waals surface area contributed by atoms with Crippen LogP contribution in [0.3, 0.4) is 0 Å². The highest BCUT2D eigenvalue weighted by Crippen LogP contribution is 2.18. The van der Waals surface area contributed by atoms with Gasteiger partial charge in [0.15, 0.2) is 0 Å². The van der Waals surface area contributed by atoms with Crippen molar-refractivity contribution >= 4 is 17.5 Å². The summed E-state index contributed by atoms with van der Waals surface area (Å²) in [5, 5.41) is 9.11. The minimum atomic E-state index is -0.132. The number of benzene rings is 1. The molecule has 0 radical (unpaired) electrons. The number of carbonyl (C=O) groups excluding carboxylic acids is 2. The molecule has 1 fully saturated rings. The Hall–Kier alpha value is -1.92. The van der Waals surface area contributed by atoms with E-state index in [-0.39, 0.29) is 11.8 Å². The molecule has 0 saturated carbocycles. The van der Waals surface area contributed by atoms with Crippen LogP contribution in [0.15, 0.2) is 24.3 Å². The SMILES string of the molecule is CCOCCCNC(=O)c1cccc(NC(=O)CCC2CCNCC2)c1. The predicted molar refractivity (Wildman–Crippen MR) is 103 cm³/mol. The summed E-state index contributed by atoms with van der Waals surface area (Å²) >= 11 is 0. The van der Waals surface area contributed by atoms with Crippen molar-refractivity contribution in [2.75, 3.05) is 38.2 Å². The second kappa shape index (κ2) is 11.6. The van der Waals surface area contributed by atoms with E-state index in [0.29, 0.717) is 43.3 Å². The third-order valence-electron chi connectivity index (χ3n) is 4.60. The Bertz CT molecular complexity index is 571. The molecule has 26 heavy (non-hydrogen) atoms. The number of ether oxygens (including phenoxy) is 1. The van der Waals surface area contributed by atoms with Gasteiger partial charge >= 0.3 is 0 Å². The van der Waals surface area contributed by atoms with Gasteiger partial charge in [-0.1, -0.05) is 6.07 Å². The Morgan fingerprint density at radius 2 is 2.08 bits per heavy atom. The maximum atomic E-state index is 12.2. The van der Waals surface area contributed by atoms with Gasteiger partial charge in [0.25, 0.3) is 5.91 Å². The Balaban J connectivity index is 1.74. The number of anilines is 1. The molecule has 0 unspecified atom stereocenters. The molecule has 6 nitrogen and oxygen atoms in total. The second-order valence-electron chi connectivity index (χ2n) is 6.67. The van der Waals surface area contributed by atoms with E-state index in [4.69, 9.17) is 4.74 Å². The molecule has 0 aromatic heterocycles. The topological polar surface area (TPSA) is 79.5 Å². The predicted octanol–water partition coefficient (Wildman–Crippen LogP) is 2.56. The lowest BCUT2D eigenvalue weighted by molar-refractivity contribution is -0.116. The first kappa shape index (κ1) is 20.4. The van der Waals surface area contributed by atoms with E-state index < -0.39 is 0 Å². The van der Waals surface area contributed by atoms with Gasteiger partial charge in [0.1, 0.15) is 0 Å². The zero-order valence-corrected chi connectivity index (χ0v) is 15.7. The number of hydrogen-bond donors (Lipinski definition) is 3. The van der Waals surface area contributed by atoms with E-state index in [1.54, 1.807) is 18.2 Å². The van der Waals surface area contributed by atoms with Gasteiger partial charge in [0.2, 0.25) is 5.91 Å². The van der Waals surface area contributed by atoms with Crippen molar-refractivity contribution in [3.8, 4) is 0 Å². The molecule has 1 aliphatic rings. The maximum Gasteiger partial charge on any atom is 0.251 e. The molecular formula is C20H31N3O3. The van der Waals surface area contributed by atoms with E-state index >= 15 is 0 Å². The molecular weight excluding hydrogens is 330 g/mol. The second-order valence-corrected chi connectivity index (χ2v) is 6.67. The fourth-order valence-electron chi connectivity index (χ4n) is 3.09. The lowest BCUT2D eigenvalue weighted by Gasteiger charge is -2.22. The summed E-state index contributed by atoms with van der Waals surface area (Å²) in [5.41, 5.74) is 1.22. The number of nitrogens with one attached hydrogen (secondary N) is 3. The van der Waals surface area contributed by atoms with Crippen LogP contribution in [0.5, 0.6) is 0 Å². The van der Waals surface area contributed by atoms with Crippen molar-refractivity contribution in [3.63, 3.8) is 0 Å². The highest BCUT2D eigenvalue weighted by molar-refractivity contribution is 5.97. The summed E-state index contributed by atoms with van der Waals surface area (Å²) in [6.07, 6.45) is 4.52. The molecule has 2 rings (SSSR count). The van der Waals surface area contributed by atoms with Crippen LogP contribution in [-0.4, -0.2) is 44.7 Å². The lowest BCUT2D eigenvalue weighted by atomic mass is 9.93. The molecule has 1 heterocycles. The Morgan fingerprint density at radius 3 is 2.85 bits per heavy atom. The first-order chi connectivity index (χ1) is 12.7. The van der Waals surface area contributed by atoms with Gasteiger partial charge in [-0.15, -0.1) is 0 Å². The van der Waals surface area contributed by atoms with E-state index in [1.807, 2.05) is 13.0 Å². The van der Waals surface area contributed by atoms with Crippen LogP contribution in [0.2, 0.25) is 0 Å². The molecule has 2 amide bonds. The third-order valence-corrected chi connectivity index (χ3v) is 4.60. The van der Waals surface area contributed by atoms with E-state index in [2.05, 4.69) is 16.0 Å². The molecule has 0 aliphatic carbocycles. The first-order valence-electron chi connectivity index (χ1n) is 9.65. The Morgan fingerprint density at radius 1 is 1.27 bits per heavy atom. The molecule has 0 spiro atoms. The first-order valence-corrected chi connectivity index (χ1v) is 9.65. The van der Waals surface area contributed by atoms with Crippen molar-refractivity contribution in [2.24, 2.45) is 5.92 Å². The lowest BCUT2D eigenvalue weighted by Crippen LogP contribution is -2.28. The smallest absolute Gasteiger partial charge is 0.251 e. The van der Waals surface area contributed by atoms with E-state index in [9.17, 15) is 9.59 Å². The van der Waals surface area contributed by atoms with Gasteiger partial charge in [-0.05, 0) is 69.8 Å². The number of carbonyl (C=O) groups is 2. The largest absolute Gasteiger partial charge is 0.382 e. The van der Waals surface area contributed by atoms with Gasteiger partial charge < -0.3 is 20.7 Å². The number of hydrogen-bond acceptors (Lipinski definition) is 4. The summed E-state index contributed by atoms with van der Waals surface area (Å²) in [6, 6.07) is 7.08. The Kier molecular flexibility index (Phi) is 9.14. The van der Waals surface area contributed by atoms with Gasteiger partial charge in [-0.2, -0.15) is 0 Å². The minimum Gasteiger partial charge on any atom is -0.382 e. The summed E-state index contributed by atoms with van der Waals surface area (Å²) < 4.78 is 5.25. The molecule has 1 aromatic carbocycles. The van der Waals surface area contributed by atoms with Gasteiger partial charge in [0, 0.05) is 37.4 Å². The zero-order chi connectivity index (χ0) is 18.6. The number of amides is 2. The van der Waals surface area contributed by atoms with Crippen molar-refractivity contribution in [2.45, 2.75) is 39.0 Å². The maximum absolute atomic E-state index is 12.2. The van der Waals surface area contributed by atoms with Crippen LogP contribution in [-0.2, 0) is 9.53 Å².